The van der Waals surface area contributed by atoms with Crippen molar-refractivity contribution in [2.75, 3.05) is 106 Å². The lowest BCUT2D eigenvalue weighted by molar-refractivity contribution is -0.705. The highest BCUT2D eigenvalue weighted by molar-refractivity contribution is 5.01. The van der Waals surface area contributed by atoms with Gasteiger partial charge in [0.25, 0.3) is 5.82 Å². The van der Waals surface area contributed by atoms with Gasteiger partial charge in [0.2, 0.25) is 0 Å². The summed E-state index contributed by atoms with van der Waals surface area (Å²) in [5.41, 5.74) is 1.21. The van der Waals surface area contributed by atoms with Gasteiger partial charge in [-0.2, -0.15) is 0 Å². The highest BCUT2D eigenvalue weighted by Crippen LogP contribution is 2.08. The van der Waals surface area contributed by atoms with Crippen LogP contribution in [0.15, 0.2) is 6.20 Å². The second-order valence-corrected chi connectivity index (χ2v) is 8.12. The highest BCUT2D eigenvalue weighted by atomic mass is 16.5. The quantitative estimate of drug-likeness (QED) is 0.120. The molecule has 0 saturated heterocycles. The lowest BCUT2D eigenvalue weighted by Gasteiger charge is -2.10. The van der Waals surface area contributed by atoms with E-state index in [-0.39, 0.29) is 0 Å². The zero-order valence-corrected chi connectivity index (χ0v) is 23.9. The van der Waals surface area contributed by atoms with E-state index < -0.39 is 0 Å². The van der Waals surface area contributed by atoms with Gasteiger partial charge in [-0.15, -0.1) is 0 Å². The molecular weight excluding hydrogens is 480 g/mol. The normalized spacial score (nSPS) is 11.6. The Morgan fingerprint density at radius 1 is 0.514 bits per heavy atom. The highest BCUT2D eigenvalue weighted by Gasteiger charge is 2.23. The zero-order valence-electron chi connectivity index (χ0n) is 23.9. The first kappa shape index (κ1) is 33.9. The molecule has 1 aromatic rings. The van der Waals surface area contributed by atoms with Crippen molar-refractivity contribution < 1.29 is 42.5 Å². The maximum absolute atomic E-state index is 5.85. The number of hydrogen-bond acceptors (Lipinski definition) is 8. The Bertz CT molecular complexity index is 579. The molecule has 0 N–H and O–H groups in total. The fourth-order valence-corrected chi connectivity index (χ4v) is 3.71. The average molecular weight is 534 g/mol. The minimum Gasteiger partial charge on any atom is -0.379 e. The van der Waals surface area contributed by atoms with Crippen LogP contribution in [0.5, 0.6) is 0 Å². The molecule has 1 heterocycles. The van der Waals surface area contributed by atoms with Crippen LogP contribution >= 0.6 is 0 Å². The summed E-state index contributed by atoms with van der Waals surface area (Å²) in [6.45, 7) is 19.6. The number of nitrogens with zero attached hydrogens (tertiary/aromatic N) is 2. The summed E-state index contributed by atoms with van der Waals surface area (Å²) in [4.78, 5) is 0. The summed E-state index contributed by atoms with van der Waals surface area (Å²) >= 11 is 0. The molecule has 10 heteroatoms. The molecule has 0 unspecified atom stereocenters. The molecule has 0 aliphatic heterocycles. The van der Waals surface area contributed by atoms with Crippen LogP contribution < -0.4 is 4.57 Å². The fraction of sp³-hybridized carbons (Fsp3) is 0.889. The molecule has 0 spiro atoms. The fourth-order valence-electron chi connectivity index (χ4n) is 3.71. The van der Waals surface area contributed by atoms with Crippen LogP contribution in [0.2, 0.25) is 0 Å². The van der Waals surface area contributed by atoms with Gasteiger partial charge in [0, 0.05) is 32.8 Å². The van der Waals surface area contributed by atoms with Crippen molar-refractivity contribution in [3.63, 3.8) is 0 Å². The van der Waals surface area contributed by atoms with Crippen LogP contribution in [0.3, 0.4) is 0 Å². The minimum absolute atomic E-state index is 0.592. The maximum Gasteiger partial charge on any atom is 0.259 e. The van der Waals surface area contributed by atoms with E-state index in [9.17, 15) is 0 Å². The molecule has 0 atom stereocenters. The topological polar surface area (TPSA) is 82.7 Å². The van der Waals surface area contributed by atoms with Gasteiger partial charge >= 0.3 is 0 Å². The van der Waals surface area contributed by atoms with Gasteiger partial charge in [0.15, 0.2) is 0 Å². The van der Waals surface area contributed by atoms with Gasteiger partial charge < -0.3 is 37.9 Å². The molecule has 0 bridgehead atoms. The van der Waals surface area contributed by atoms with E-state index in [1.165, 1.54) is 11.5 Å². The van der Waals surface area contributed by atoms with Gasteiger partial charge in [-0.3, -0.25) is 0 Å². The van der Waals surface area contributed by atoms with Crippen LogP contribution in [0, 0.1) is 0 Å². The maximum atomic E-state index is 5.85. The van der Waals surface area contributed by atoms with E-state index in [1.807, 2.05) is 27.7 Å². The number of ether oxygens (including phenoxy) is 8. The first-order chi connectivity index (χ1) is 18.3. The molecule has 0 aliphatic rings. The molecule has 10 nitrogen and oxygen atoms in total. The molecule has 0 aromatic carbocycles. The van der Waals surface area contributed by atoms with Crippen LogP contribution in [-0.2, 0) is 63.8 Å². The molecule has 0 amide bonds. The van der Waals surface area contributed by atoms with Crippen molar-refractivity contribution in [3.05, 3.63) is 17.7 Å². The predicted molar refractivity (Wildman–Crippen MR) is 141 cm³/mol. The van der Waals surface area contributed by atoms with Gasteiger partial charge in [0.1, 0.15) is 25.0 Å². The number of aromatic nitrogens is 2. The summed E-state index contributed by atoms with van der Waals surface area (Å²) in [5.74, 6) is 1.20. The molecule has 0 saturated carbocycles. The van der Waals surface area contributed by atoms with Crippen molar-refractivity contribution in [2.45, 2.75) is 53.6 Å². The van der Waals surface area contributed by atoms with Gasteiger partial charge in [-0.05, 0) is 27.7 Å². The Morgan fingerprint density at radius 2 is 0.946 bits per heavy atom. The van der Waals surface area contributed by atoms with E-state index >= 15 is 0 Å². The summed E-state index contributed by atoms with van der Waals surface area (Å²) in [5, 5.41) is 0. The Morgan fingerprint density at radius 3 is 1.46 bits per heavy atom. The first-order valence-corrected chi connectivity index (χ1v) is 14.0. The number of hydrogen-bond donors (Lipinski definition) is 0. The van der Waals surface area contributed by atoms with Crippen molar-refractivity contribution in [3.8, 4) is 0 Å². The second-order valence-electron chi connectivity index (χ2n) is 8.12. The lowest BCUT2D eigenvalue weighted by Crippen LogP contribution is -2.40. The standard InChI is InChI=1S/C27H53N2O8/c1-5-30-17-21-34-13-9-26-25-28(11-15-36-23-19-32-7-3)27(10-14-35-22-18-31-6-2)29(26)12-16-37-24-20-33-8-4/h25H,5-24H2,1-4H3/q+1. The van der Waals surface area contributed by atoms with Crippen molar-refractivity contribution in [1.29, 1.82) is 0 Å². The van der Waals surface area contributed by atoms with E-state index in [0.29, 0.717) is 106 Å². The smallest absolute Gasteiger partial charge is 0.259 e. The summed E-state index contributed by atoms with van der Waals surface area (Å²) < 4.78 is 49.5. The monoisotopic (exact) mass is 533 g/mol. The van der Waals surface area contributed by atoms with Gasteiger partial charge in [-0.25, -0.2) is 9.13 Å². The minimum atomic E-state index is 0.592. The summed E-state index contributed by atoms with van der Waals surface area (Å²) in [6, 6.07) is 0. The SMILES string of the molecule is CCOCCOCCc1c[n+](CCOCCOCC)c(CCOCCOCC)n1CCOCCOCC. The largest absolute Gasteiger partial charge is 0.379 e. The van der Waals surface area contributed by atoms with Crippen molar-refractivity contribution in [1.82, 2.24) is 4.57 Å². The van der Waals surface area contributed by atoms with Gasteiger partial charge in [0.05, 0.1) is 85.7 Å². The van der Waals surface area contributed by atoms with Crippen molar-refractivity contribution in [2.24, 2.45) is 0 Å². The molecule has 218 valence electrons. The molecule has 0 aliphatic carbocycles. The predicted octanol–water partition coefficient (Wildman–Crippen LogP) is 2.07. The average Bonchev–Trinajstić information content (AvgIpc) is 3.23. The van der Waals surface area contributed by atoms with Gasteiger partial charge in [-0.1, -0.05) is 0 Å². The molecule has 1 aromatic heterocycles. The molecule has 1 rings (SSSR count). The summed E-state index contributed by atoms with van der Waals surface area (Å²) in [6.07, 6.45) is 3.81. The lowest BCUT2D eigenvalue weighted by atomic mass is 10.3. The first-order valence-electron chi connectivity index (χ1n) is 14.0. The van der Waals surface area contributed by atoms with E-state index in [4.69, 9.17) is 37.9 Å². The Hall–Kier alpha value is -1.11. The van der Waals surface area contributed by atoms with Crippen LogP contribution in [0.4, 0.5) is 0 Å². The number of imidazole rings is 1. The third-order valence-electron chi connectivity index (χ3n) is 5.51. The van der Waals surface area contributed by atoms with Crippen LogP contribution in [0.25, 0.3) is 0 Å². The summed E-state index contributed by atoms with van der Waals surface area (Å²) in [7, 11) is 0. The molecule has 0 radical (unpaired) electrons. The Kier molecular flexibility index (Phi) is 23.1. The third-order valence-corrected chi connectivity index (χ3v) is 5.51. The van der Waals surface area contributed by atoms with E-state index in [1.54, 1.807) is 0 Å². The number of rotatable bonds is 28. The zero-order chi connectivity index (χ0) is 26.8. The van der Waals surface area contributed by atoms with E-state index in [0.717, 1.165) is 25.9 Å². The third kappa shape index (κ3) is 17.2. The Balaban J connectivity index is 2.83. The molecule has 0 fully saturated rings. The Labute approximate surface area is 224 Å². The molecule has 37 heavy (non-hydrogen) atoms. The van der Waals surface area contributed by atoms with Crippen LogP contribution in [-0.4, -0.2) is 110 Å². The van der Waals surface area contributed by atoms with Crippen molar-refractivity contribution >= 4 is 0 Å². The molecular formula is C27H53N2O8+. The van der Waals surface area contributed by atoms with E-state index in [2.05, 4.69) is 15.3 Å². The van der Waals surface area contributed by atoms with Crippen LogP contribution in [0.1, 0.15) is 39.2 Å². The second kappa shape index (κ2) is 25.2.